The number of carbonyl (C=O) groups is 1. The van der Waals surface area contributed by atoms with Gasteiger partial charge in [-0.2, -0.15) is 0 Å². The predicted octanol–water partition coefficient (Wildman–Crippen LogP) is 2.77. The Morgan fingerprint density at radius 1 is 1.12 bits per heavy atom. The van der Waals surface area contributed by atoms with E-state index in [1.54, 1.807) is 30.1 Å². The van der Waals surface area contributed by atoms with Crippen molar-refractivity contribution in [1.82, 2.24) is 9.62 Å². The van der Waals surface area contributed by atoms with Crippen LogP contribution >= 0.6 is 0 Å². The molecule has 0 saturated heterocycles. The zero-order valence-electron chi connectivity index (χ0n) is 14.2. The van der Waals surface area contributed by atoms with Gasteiger partial charge < -0.3 is 4.90 Å². The molecule has 0 bridgehead atoms. The number of nitrogens with zero attached hydrogens (tertiary/aromatic N) is 1. The Balaban J connectivity index is 1.96. The number of fused-ring (bicyclic) bond motifs is 1. The molecule has 0 atom stereocenters. The lowest BCUT2D eigenvalue weighted by molar-refractivity contribution is -0.129. The number of hydrogen-bond donors (Lipinski definition) is 1. The molecule has 0 aliphatic carbocycles. The van der Waals surface area contributed by atoms with Crippen LogP contribution in [0.15, 0.2) is 47.4 Å². The summed E-state index contributed by atoms with van der Waals surface area (Å²) in [5, 5.41) is 1.86. The van der Waals surface area contributed by atoms with Crippen molar-refractivity contribution in [3.05, 3.63) is 42.5 Å². The van der Waals surface area contributed by atoms with Gasteiger partial charge in [0, 0.05) is 26.6 Å². The lowest BCUT2D eigenvalue weighted by Crippen LogP contribution is -2.32. The van der Waals surface area contributed by atoms with Crippen molar-refractivity contribution in [2.24, 2.45) is 0 Å². The number of rotatable bonds is 8. The van der Waals surface area contributed by atoms with Crippen LogP contribution in [0.5, 0.6) is 0 Å². The summed E-state index contributed by atoms with van der Waals surface area (Å²) in [5.41, 5.74) is 0. The molecule has 24 heavy (non-hydrogen) atoms. The first-order valence-electron chi connectivity index (χ1n) is 8.16. The van der Waals surface area contributed by atoms with E-state index >= 15 is 0 Å². The van der Waals surface area contributed by atoms with E-state index in [0.717, 1.165) is 23.6 Å². The fourth-order valence-electron chi connectivity index (χ4n) is 2.42. The van der Waals surface area contributed by atoms with Crippen molar-refractivity contribution in [3.8, 4) is 0 Å². The van der Waals surface area contributed by atoms with E-state index in [1.165, 1.54) is 0 Å². The van der Waals surface area contributed by atoms with Gasteiger partial charge in [-0.05, 0) is 29.3 Å². The number of unbranched alkanes of at least 4 members (excludes halogenated alkanes) is 1. The fraction of sp³-hybridized carbons (Fsp3) is 0.389. The van der Waals surface area contributed by atoms with Crippen molar-refractivity contribution >= 4 is 26.7 Å². The molecule has 0 saturated carbocycles. The molecule has 0 aliphatic heterocycles. The van der Waals surface area contributed by atoms with E-state index in [4.69, 9.17) is 0 Å². The Morgan fingerprint density at radius 3 is 2.54 bits per heavy atom. The van der Waals surface area contributed by atoms with Gasteiger partial charge in [0.05, 0.1) is 4.90 Å². The first-order chi connectivity index (χ1) is 11.4. The Kier molecular flexibility index (Phi) is 6.34. The molecule has 1 N–H and O–H groups in total. The van der Waals surface area contributed by atoms with Crippen molar-refractivity contribution in [3.63, 3.8) is 0 Å². The van der Waals surface area contributed by atoms with Gasteiger partial charge in [0.1, 0.15) is 0 Å². The van der Waals surface area contributed by atoms with Gasteiger partial charge in [-0.3, -0.25) is 4.79 Å². The number of hydrogen-bond acceptors (Lipinski definition) is 3. The highest BCUT2D eigenvalue weighted by molar-refractivity contribution is 7.89. The molecule has 0 heterocycles. The quantitative estimate of drug-likeness (QED) is 0.798. The smallest absolute Gasteiger partial charge is 0.240 e. The maximum Gasteiger partial charge on any atom is 0.240 e. The van der Waals surface area contributed by atoms with Crippen molar-refractivity contribution in [1.29, 1.82) is 0 Å². The zero-order chi connectivity index (χ0) is 17.6. The summed E-state index contributed by atoms with van der Waals surface area (Å²) in [6.07, 6.45) is 2.13. The van der Waals surface area contributed by atoms with Crippen LogP contribution in [0.1, 0.15) is 26.2 Å². The molecule has 2 rings (SSSR count). The summed E-state index contributed by atoms with van der Waals surface area (Å²) in [4.78, 5) is 13.8. The van der Waals surface area contributed by atoms with E-state index < -0.39 is 10.0 Å². The minimum Gasteiger partial charge on any atom is -0.346 e. The van der Waals surface area contributed by atoms with Crippen LogP contribution in [0.25, 0.3) is 10.8 Å². The average molecular weight is 348 g/mol. The second-order valence-electron chi connectivity index (χ2n) is 5.83. The normalized spacial score (nSPS) is 11.6. The van der Waals surface area contributed by atoms with E-state index in [-0.39, 0.29) is 23.8 Å². The van der Waals surface area contributed by atoms with Gasteiger partial charge in [0.2, 0.25) is 15.9 Å². The predicted molar refractivity (Wildman–Crippen MR) is 96.3 cm³/mol. The Bertz CT molecular complexity index is 803. The molecule has 0 unspecified atom stereocenters. The molecule has 0 radical (unpaired) electrons. The molecule has 0 aromatic heterocycles. The monoisotopic (exact) mass is 348 g/mol. The molecule has 2 aromatic carbocycles. The largest absolute Gasteiger partial charge is 0.346 e. The van der Waals surface area contributed by atoms with E-state index in [0.29, 0.717) is 6.54 Å². The number of nitrogens with one attached hydrogen (secondary N) is 1. The Labute approximate surface area is 143 Å². The summed E-state index contributed by atoms with van der Waals surface area (Å²) < 4.78 is 27.2. The first-order valence-corrected chi connectivity index (χ1v) is 9.65. The molecule has 0 aliphatic rings. The summed E-state index contributed by atoms with van der Waals surface area (Å²) in [7, 11) is -1.86. The molecular weight excluding hydrogens is 324 g/mol. The average Bonchev–Trinajstić information content (AvgIpc) is 2.58. The molecule has 1 amide bonds. The number of sulfonamides is 1. The lowest BCUT2D eigenvalue weighted by Gasteiger charge is -2.16. The highest BCUT2D eigenvalue weighted by Gasteiger charge is 2.15. The minimum absolute atomic E-state index is 0.0512. The van der Waals surface area contributed by atoms with E-state index in [1.807, 2.05) is 24.3 Å². The fourth-order valence-corrected chi connectivity index (χ4v) is 3.49. The molecule has 130 valence electrons. The van der Waals surface area contributed by atoms with E-state index in [9.17, 15) is 13.2 Å². The van der Waals surface area contributed by atoms with Crippen molar-refractivity contribution in [2.75, 3.05) is 20.1 Å². The molecule has 0 fully saturated rings. The van der Waals surface area contributed by atoms with Crippen LogP contribution in [0.2, 0.25) is 0 Å². The van der Waals surface area contributed by atoms with Gasteiger partial charge in [0.25, 0.3) is 0 Å². The third-order valence-corrected chi connectivity index (χ3v) is 5.39. The summed E-state index contributed by atoms with van der Waals surface area (Å²) in [5.74, 6) is -0.0512. The topological polar surface area (TPSA) is 66.5 Å². The molecule has 2 aromatic rings. The van der Waals surface area contributed by atoms with Crippen molar-refractivity contribution < 1.29 is 13.2 Å². The zero-order valence-corrected chi connectivity index (χ0v) is 15.0. The second kappa shape index (κ2) is 8.26. The van der Waals surface area contributed by atoms with E-state index in [2.05, 4.69) is 11.6 Å². The summed E-state index contributed by atoms with van der Waals surface area (Å²) in [6.45, 7) is 2.87. The molecule has 0 spiro atoms. The lowest BCUT2D eigenvalue weighted by atomic mass is 10.1. The van der Waals surface area contributed by atoms with Gasteiger partial charge in [0.15, 0.2) is 0 Å². The SMILES string of the molecule is CCCCN(C)C(=O)CCNS(=O)(=O)c1ccc2ccccc2c1. The van der Waals surface area contributed by atoms with Crippen LogP contribution in [0, 0.1) is 0 Å². The number of benzene rings is 2. The highest BCUT2D eigenvalue weighted by Crippen LogP contribution is 2.18. The second-order valence-corrected chi connectivity index (χ2v) is 7.59. The van der Waals surface area contributed by atoms with Gasteiger partial charge in [-0.1, -0.05) is 43.7 Å². The molecule has 6 heteroatoms. The third kappa shape index (κ3) is 4.79. The van der Waals surface area contributed by atoms with Crippen LogP contribution in [-0.2, 0) is 14.8 Å². The minimum atomic E-state index is -3.61. The Hall–Kier alpha value is -1.92. The maximum absolute atomic E-state index is 12.4. The molecular formula is C18H24N2O3S. The van der Waals surface area contributed by atoms with Crippen LogP contribution in [0.4, 0.5) is 0 Å². The summed E-state index contributed by atoms with van der Waals surface area (Å²) >= 11 is 0. The maximum atomic E-state index is 12.4. The van der Waals surface area contributed by atoms with Crippen LogP contribution in [0.3, 0.4) is 0 Å². The number of amides is 1. The van der Waals surface area contributed by atoms with Crippen LogP contribution < -0.4 is 4.72 Å². The first kappa shape index (κ1) is 18.4. The van der Waals surface area contributed by atoms with Gasteiger partial charge in [-0.25, -0.2) is 13.1 Å². The van der Waals surface area contributed by atoms with Gasteiger partial charge in [-0.15, -0.1) is 0 Å². The standard InChI is InChI=1S/C18H24N2O3S/c1-3-4-13-20(2)18(21)11-12-19-24(22,23)17-10-9-15-7-5-6-8-16(15)14-17/h5-10,14,19H,3-4,11-13H2,1-2H3. The van der Waals surface area contributed by atoms with Gasteiger partial charge >= 0.3 is 0 Å². The summed E-state index contributed by atoms with van der Waals surface area (Å²) in [6, 6.07) is 12.6. The van der Waals surface area contributed by atoms with Crippen LogP contribution in [-0.4, -0.2) is 39.4 Å². The highest BCUT2D eigenvalue weighted by atomic mass is 32.2. The molecule has 5 nitrogen and oxygen atoms in total. The third-order valence-electron chi connectivity index (χ3n) is 3.94. The van der Waals surface area contributed by atoms with Crippen molar-refractivity contribution in [2.45, 2.75) is 31.1 Å². The number of carbonyl (C=O) groups excluding carboxylic acids is 1. The Morgan fingerprint density at radius 2 is 1.83 bits per heavy atom.